The molecule has 7 heteroatoms. The van der Waals surface area contributed by atoms with Crippen LogP contribution in [0, 0.1) is 0 Å². The molecule has 0 fully saturated rings. The van der Waals surface area contributed by atoms with Crippen LogP contribution < -0.4 is 5.32 Å². The maximum absolute atomic E-state index is 13.6. The number of carbonyl (C=O) groups is 3. The second kappa shape index (κ2) is 14.3. The lowest BCUT2D eigenvalue weighted by Crippen LogP contribution is -2.51. The van der Waals surface area contributed by atoms with Gasteiger partial charge in [-0.1, -0.05) is 91.0 Å². The summed E-state index contributed by atoms with van der Waals surface area (Å²) >= 11 is 0. The SMILES string of the molecule is C=CCCC(=O)O[C@H](c1ccccc1)[C@H](C)N(C)C(=O)[C@@H](CC=C)NC(=O)OCC1c2ccccc2-c2ccccc21. The van der Waals surface area contributed by atoms with Crippen molar-refractivity contribution in [2.75, 3.05) is 13.7 Å². The molecule has 3 aromatic rings. The van der Waals surface area contributed by atoms with E-state index in [0.29, 0.717) is 6.42 Å². The Hall–Kier alpha value is -4.65. The Morgan fingerprint density at radius 2 is 1.50 bits per heavy atom. The van der Waals surface area contributed by atoms with Gasteiger partial charge < -0.3 is 19.7 Å². The Morgan fingerprint density at radius 1 is 0.905 bits per heavy atom. The summed E-state index contributed by atoms with van der Waals surface area (Å²) in [5, 5.41) is 2.73. The molecule has 0 saturated carbocycles. The molecule has 1 N–H and O–H groups in total. The second-order valence-corrected chi connectivity index (χ2v) is 10.4. The number of benzene rings is 3. The first-order valence-electron chi connectivity index (χ1n) is 14.2. The van der Waals surface area contributed by atoms with E-state index in [1.165, 1.54) is 4.90 Å². The Kier molecular flexibility index (Phi) is 10.3. The third-order valence-corrected chi connectivity index (χ3v) is 7.67. The van der Waals surface area contributed by atoms with E-state index in [0.717, 1.165) is 27.8 Å². The van der Waals surface area contributed by atoms with E-state index in [-0.39, 0.29) is 37.2 Å². The van der Waals surface area contributed by atoms with E-state index in [4.69, 9.17) is 9.47 Å². The molecular formula is C35H38N2O5. The molecule has 0 aromatic heterocycles. The molecule has 0 spiro atoms. The molecule has 1 aliphatic carbocycles. The van der Waals surface area contributed by atoms with E-state index >= 15 is 0 Å². The standard InChI is InChI=1S/C35H38N2O5/c1-5-7-22-32(38)42-33(25-16-9-8-10-17-25)24(3)37(4)34(39)31(15-6-2)36-35(40)41-23-30-28-20-13-11-18-26(28)27-19-12-14-21-29(27)30/h5-6,8-14,16-21,24,30-31,33H,1-2,7,15,22-23H2,3-4H3,(H,36,40)/t24-,31+,33-/m0/s1. The molecule has 7 nitrogen and oxygen atoms in total. The number of likely N-dealkylation sites (N-methyl/N-ethyl adjacent to an activating group) is 1. The Morgan fingerprint density at radius 3 is 2.10 bits per heavy atom. The molecule has 0 saturated heterocycles. The Bertz CT molecular complexity index is 1370. The molecule has 3 aromatic carbocycles. The van der Waals surface area contributed by atoms with Gasteiger partial charge in [0.25, 0.3) is 0 Å². The average Bonchev–Trinajstić information content (AvgIpc) is 3.34. The van der Waals surface area contributed by atoms with E-state index in [2.05, 4.69) is 42.7 Å². The molecule has 218 valence electrons. The lowest BCUT2D eigenvalue weighted by molar-refractivity contribution is -0.155. The number of amides is 2. The van der Waals surface area contributed by atoms with Crippen LogP contribution in [0.1, 0.15) is 54.9 Å². The Labute approximate surface area is 247 Å². The van der Waals surface area contributed by atoms with Crippen molar-refractivity contribution in [3.8, 4) is 11.1 Å². The summed E-state index contributed by atoms with van der Waals surface area (Å²) in [4.78, 5) is 40.7. The van der Waals surface area contributed by atoms with Crippen molar-refractivity contribution in [1.29, 1.82) is 0 Å². The number of esters is 1. The number of nitrogens with zero attached hydrogens (tertiary/aromatic N) is 1. The third kappa shape index (κ3) is 6.97. The molecule has 0 bridgehead atoms. The first-order chi connectivity index (χ1) is 20.3. The number of nitrogens with one attached hydrogen (secondary N) is 1. The highest BCUT2D eigenvalue weighted by molar-refractivity contribution is 5.86. The number of alkyl carbamates (subject to hydrolysis) is 1. The van der Waals surface area contributed by atoms with Crippen LogP contribution in [0.5, 0.6) is 0 Å². The summed E-state index contributed by atoms with van der Waals surface area (Å²) < 4.78 is 11.5. The van der Waals surface area contributed by atoms with Crippen LogP contribution in [0.3, 0.4) is 0 Å². The third-order valence-electron chi connectivity index (χ3n) is 7.67. The van der Waals surface area contributed by atoms with Crippen molar-refractivity contribution >= 4 is 18.0 Å². The first-order valence-corrected chi connectivity index (χ1v) is 14.2. The van der Waals surface area contributed by atoms with Crippen LogP contribution in [0.25, 0.3) is 11.1 Å². The van der Waals surface area contributed by atoms with Gasteiger partial charge in [-0.25, -0.2) is 4.79 Å². The van der Waals surface area contributed by atoms with Crippen molar-refractivity contribution in [1.82, 2.24) is 10.2 Å². The van der Waals surface area contributed by atoms with E-state index in [9.17, 15) is 14.4 Å². The number of ether oxygens (including phenoxy) is 2. The minimum atomic E-state index is -0.904. The fraction of sp³-hybridized carbons (Fsp3) is 0.286. The van der Waals surface area contributed by atoms with Gasteiger partial charge in [0, 0.05) is 19.4 Å². The molecule has 4 rings (SSSR count). The van der Waals surface area contributed by atoms with Gasteiger partial charge in [0.15, 0.2) is 0 Å². The quantitative estimate of drug-likeness (QED) is 0.187. The number of carbonyl (C=O) groups excluding carboxylic acids is 3. The van der Waals surface area contributed by atoms with Gasteiger partial charge in [-0.2, -0.15) is 0 Å². The van der Waals surface area contributed by atoms with Gasteiger partial charge in [-0.15, -0.1) is 13.2 Å². The summed E-state index contributed by atoms with van der Waals surface area (Å²) in [7, 11) is 1.63. The predicted octanol–water partition coefficient (Wildman–Crippen LogP) is 6.57. The minimum absolute atomic E-state index is 0.0955. The normalized spacial score (nSPS) is 14.0. The van der Waals surface area contributed by atoms with Crippen LogP contribution in [0.4, 0.5) is 4.79 Å². The van der Waals surface area contributed by atoms with Gasteiger partial charge in [-0.3, -0.25) is 9.59 Å². The molecule has 42 heavy (non-hydrogen) atoms. The van der Waals surface area contributed by atoms with Gasteiger partial charge in [0.2, 0.25) is 5.91 Å². The smallest absolute Gasteiger partial charge is 0.407 e. The predicted molar refractivity (Wildman–Crippen MR) is 164 cm³/mol. The monoisotopic (exact) mass is 566 g/mol. The molecule has 0 radical (unpaired) electrons. The minimum Gasteiger partial charge on any atom is -0.455 e. The van der Waals surface area contributed by atoms with Crippen LogP contribution in [-0.4, -0.2) is 48.6 Å². The summed E-state index contributed by atoms with van der Waals surface area (Å²) in [5.74, 6) is -0.823. The lowest BCUT2D eigenvalue weighted by atomic mass is 9.98. The Balaban J connectivity index is 1.43. The summed E-state index contributed by atoms with van der Waals surface area (Å²) in [6.45, 7) is 9.37. The molecule has 2 amide bonds. The maximum atomic E-state index is 13.6. The summed E-state index contributed by atoms with van der Waals surface area (Å²) in [6.07, 6.45) is 2.75. The maximum Gasteiger partial charge on any atom is 0.407 e. The zero-order chi connectivity index (χ0) is 30.1. The van der Waals surface area contributed by atoms with Gasteiger partial charge in [0.05, 0.1) is 6.04 Å². The number of hydrogen-bond donors (Lipinski definition) is 1. The highest BCUT2D eigenvalue weighted by Crippen LogP contribution is 2.44. The van der Waals surface area contributed by atoms with Crippen molar-refractivity contribution in [2.45, 2.75) is 50.3 Å². The highest BCUT2D eigenvalue weighted by Gasteiger charge is 2.34. The van der Waals surface area contributed by atoms with Gasteiger partial charge in [0.1, 0.15) is 18.8 Å². The van der Waals surface area contributed by atoms with Crippen molar-refractivity contribution in [3.05, 3.63) is 121 Å². The van der Waals surface area contributed by atoms with Crippen molar-refractivity contribution < 1.29 is 23.9 Å². The number of rotatable bonds is 13. The van der Waals surface area contributed by atoms with Crippen LogP contribution in [0.2, 0.25) is 0 Å². The zero-order valence-corrected chi connectivity index (χ0v) is 24.2. The molecule has 0 aliphatic heterocycles. The summed E-state index contributed by atoms with van der Waals surface area (Å²) in [6, 6.07) is 24.1. The van der Waals surface area contributed by atoms with Crippen LogP contribution in [-0.2, 0) is 19.1 Å². The average molecular weight is 567 g/mol. The van der Waals surface area contributed by atoms with E-state index < -0.39 is 24.3 Å². The fourth-order valence-corrected chi connectivity index (χ4v) is 5.33. The van der Waals surface area contributed by atoms with Crippen LogP contribution in [0.15, 0.2) is 104 Å². The molecule has 0 heterocycles. The van der Waals surface area contributed by atoms with Crippen LogP contribution >= 0.6 is 0 Å². The molecule has 0 unspecified atom stereocenters. The van der Waals surface area contributed by atoms with Gasteiger partial charge >= 0.3 is 12.1 Å². The molecule has 3 atom stereocenters. The fourth-order valence-electron chi connectivity index (χ4n) is 5.33. The van der Waals surface area contributed by atoms with Gasteiger partial charge in [-0.05, 0) is 47.6 Å². The second-order valence-electron chi connectivity index (χ2n) is 10.4. The van der Waals surface area contributed by atoms with Crippen molar-refractivity contribution in [3.63, 3.8) is 0 Å². The number of allylic oxidation sites excluding steroid dienone is 1. The largest absolute Gasteiger partial charge is 0.455 e. The highest BCUT2D eigenvalue weighted by atomic mass is 16.6. The molecular weight excluding hydrogens is 528 g/mol. The van der Waals surface area contributed by atoms with Crippen molar-refractivity contribution in [2.24, 2.45) is 0 Å². The summed E-state index contributed by atoms with van der Waals surface area (Å²) in [5.41, 5.74) is 5.24. The topological polar surface area (TPSA) is 84.9 Å². The zero-order valence-electron chi connectivity index (χ0n) is 24.2. The molecule has 1 aliphatic rings. The number of hydrogen-bond acceptors (Lipinski definition) is 5. The van der Waals surface area contributed by atoms with E-state index in [1.54, 1.807) is 19.2 Å². The number of fused-ring (bicyclic) bond motifs is 3. The van der Waals surface area contributed by atoms with E-state index in [1.807, 2.05) is 61.5 Å². The first kappa shape index (κ1) is 30.3. The lowest BCUT2D eigenvalue weighted by Gasteiger charge is -2.34.